The van der Waals surface area contributed by atoms with Gasteiger partial charge >= 0.3 is 0 Å². The second kappa shape index (κ2) is 7.75. The van der Waals surface area contributed by atoms with Gasteiger partial charge in [0.2, 0.25) is 0 Å². The van der Waals surface area contributed by atoms with Crippen molar-refractivity contribution in [3.8, 4) is 5.75 Å². The van der Waals surface area contributed by atoms with Gasteiger partial charge < -0.3 is 14.5 Å². The Morgan fingerprint density at radius 3 is 2.67 bits per heavy atom. The third-order valence-corrected chi connectivity index (χ3v) is 7.18. The first-order chi connectivity index (χ1) is 14.7. The Labute approximate surface area is 178 Å². The summed E-state index contributed by atoms with van der Waals surface area (Å²) in [7, 11) is 1.67. The molecule has 1 aliphatic heterocycles. The summed E-state index contributed by atoms with van der Waals surface area (Å²) in [6.45, 7) is 2.50. The average molecular weight is 425 g/mol. The number of anilines is 1. The number of carbonyl (C=O) groups is 1. The Bertz CT molecular complexity index is 1160. The first-order valence-electron chi connectivity index (χ1n) is 10.4. The van der Waals surface area contributed by atoms with E-state index in [0.717, 1.165) is 42.8 Å². The standard InChI is InChI=1S/C22H24N4O3S/c1-29-18-8-4-2-6-16(18)24-10-12-25(13-11-24)20(27)15-14-23-22-26(21(15)28)17-7-3-5-9-19(17)30-22/h2,4,6,8,14H,3,5,7,9-13H2,1H3. The van der Waals surface area contributed by atoms with Crippen LogP contribution in [0.2, 0.25) is 0 Å². The number of rotatable bonds is 3. The molecule has 1 aromatic carbocycles. The quantitative estimate of drug-likeness (QED) is 0.647. The van der Waals surface area contributed by atoms with Crippen molar-refractivity contribution >= 4 is 27.9 Å². The number of fused-ring (bicyclic) bond motifs is 3. The van der Waals surface area contributed by atoms with Crippen molar-refractivity contribution in [3.05, 3.63) is 57.0 Å². The Morgan fingerprint density at radius 1 is 1.10 bits per heavy atom. The van der Waals surface area contributed by atoms with E-state index in [4.69, 9.17) is 4.74 Å². The van der Waals surface area contributed by atoms with E-state index in [-0.39, 0.29) is 17.0 Å². The predicted molar refractivity (Wildman–Crippen MR) is 117 cm³/mol. The number of piperazine rings is 1. The zero-order valence-corrected chi connectivity index (χ0v) is 17.8. The second-order valence-corrected chi connectivity index (χ2v) is 8.79. The van der Waals surface area contributed by atoms with Gasteiger partial charge in [-0.2, -0.15) is 0 Å². The first kappa shape index (κ1) is 19.1. The molecule has 156 valence electrons. The molecule has 0 radical (unpaired) electrons. The number of thiazole rings is 1. The van der Waals surface area contributed by atoms with E-state index in [0.29, 0.717) is 31.1 Å². The number of nitrogens with zero attached hydrogens (tertiary/aromatic N) is 4. The van der Waals surface area contributed by atoms with Crippen molar-refractivity contribution in [2.24, 2.45) is 0 Å². The van der Waals surface area contributed by atoms with Crippen LogP contribution in [0.25, 0.3) is 4.96 Å². The van der Waals surface area contributed by atoms with Crippen molar-refractivity contribution in [1.29, 1.82) is 0 Å². The Balaban J connectivity index is 1.38. The zero-order valence-electron chi connectivity index (χ0n) is 17.0. The molecular weight excluding hydrogens is 400 g/mol. The van der Waals surface area contributed by atoms with Gasteiger partial charge in [0.1, 0.15) is 11.3 Å². The normalized spacial score (nSPS) is 16.6. The highest BCUT2D eigenvalue weighted by atomic mass is 32.1. The van der Waals surface area contributed by atoms with Crippen LogP contribution in [0.3, 0.4) is 0 Å². The van der Waals surface area contributed by atoms with E-state index in [9.17, 15) is 9.59 Å². The lowest BCUT2D eigenvalue weighted by atomic mass is 10.0. The summed E-state index contributed by atoms with van der Waals surface area (Å²) in [5.41, 5.74) is 2.02. The van der Waals surface area contributed by atoms with Gasteiger partial charge in [0.25, 0.3) is 11.5 Å². The summed E-state index contributed by atoms with van der Waals surface area (Å²) in [5, 5.41) is 0. The molecule has 1 aliphatic carbocycles. The van der Waals surface area contributed by atoms with Crippen LogP contribution in [0.1, 0.15) is 33.8 Å². The van der Waals surface area contributed by atoms with Gasteiger partial charge in [0.05, 0.1) is 12.8 Å². The minimum absolute atomic E-state index is 0.171. The zero-order chi connectivity index (χ0) is 20.7. The van der Waals surface area contributed by atoms with Gasteiger partial charge in [-0.3, -0.25) is 14.0 Å². The van der Waals surface area contributed by atoms with Crippen LogP contribution in [0.15, 0.2) is 35.3 Å². The molecule has 0 unspecified atom stereocenters. The molecule has 7 nitrogen and oxygen atoms in total. The van der Waals surface area contributed by atoms with E-state index < -0.39 is 0 Å². The van der Waals surface area contributed by atoms with Crippen molar-refractivity contribution in [1.82, 2.24) is 14.3 Å². The highest BCUT2D eigenvalue weighted by molar-refractivity contribution is 7.17. The molecule has 0 N–H and O–H groups in total. The predicted octanol–water partition coefficient (Wildman–Crippen LogP) is 2.61. The maximum Gasteiger partial charge on any atom is 0.271 e. The number of hydrogen-bond acceptors (Lipinski definition) is 6. The maximum atomic E-state index is 13.2. The molecule has 0 atom stereocenters. The van der Waals surface area contributed by atoms with Gasteiger partial charge in [-0.15, -0.1) is 11.3 Å². The molecule has 1 saturated heterocycles. The van der Waals surface area contributed by atoms with E-state index in [1.807, 2.05) is 24.3 Å². The number of ether oxygens (including phenoxy) is 1. The summed E-state index contributed by atoms with van der Waals surface area (Å²) < 4.78 is 7.14. The number of aryl methyl sites for hydroxylation is 2. The van der Waals surface area contributed by atoms with Crippen LogP contribution in [0.4, 0.5) is 5.69 Å². The number of hydrogen-bond donors (Lipinski definition) is 0. The molecule has 3 aromatic rings. The van der Waals surface area contributed by atoms with Gasteiger partial charge in [-0.25, -0.2) is 4.98 Å². The topological polar surface area (TPSA) is 67.2 Å². The maximum absolute atomic E-state index is 13.2. The van der Waals surface area contributed by atoms with E-state index in [1.165, 1.54) is 11.1 Å². The highest BCUT2D eigenvalue weighted by Gasteiger charge is 2.27. The summed E-state index contributed by atoms with van der Waals surface area (Å²) >= 11 is 1.58. The van der Waals surface area contributed by atoms with Crippen LogP contribution < -0.4 is 15.2 Å². The molecule has 0 bridgehead atoms. The van der Waals surface area contributed by atoms with Crippen LogP contribution >= 0.6 is 11.3 Å². The summed E-state index contributed by atoms with van der Waals surface area (Å²) in [6.07, 6.45) is 5.57. The molecule has 5 rings (SSSR count). The van der Waals surface area contributed by atoms with E-state index in [2.05, 4.69) is 9.88 Å². The fraction of sp³-hybridized carbons (Fsp3) is 0.409. The lowest BCUT2D eigenvalue weighted by Crippen LogP contribution is -2.50. The molecule has 0 saturated carbocycles. The number of carbonyl (C=O) groups excluding carboxylic acids is 1. The fourth-order valence-electron chi connectivity index (χ4n) is 4.43. The summed E-state index contributed by atoms with van der Waals surface area (Å²) in [6, 6.07) is 7.90. The fourth-order valence-corrected chi connectivity index (χ4v) is 5.59. The first-order valence-corrected chi connectivity index (χ1v) is 11.2. The van der Waals surface area contributed by atoms with Crippen LogP contribution in [0, 0.1) is 0 Å². The number of benzene rings is 1. The molecule has 30 heavy (non-hydrogen) atoms. The highest BCUT2D eigenvalue weighted by Crippen LogP contribution is 2.29. The van der Waals surface area contributed by atoms with Crippen LogP contribution in [0.5, 0.6) is 5.75 Å². The van der Waals surface area contributed by atoms with E-state index in [1.54, 1.807) is 27.7 Å². The Morgan fingerprint density at radius 2 is 1.87 bits per heavy atom. The lowest BCUT2D eigenvalue weighted by Gasteiger charge is -2.36. The Hall–Kier alpha value is -2.87. The van der Waals surface area contributed by atoms with Gasteiger partial charge in [0.15, 0.2) is 4.96 Å². The van der Waals surface area contributed by atoms with Crippen molar-refractivity contribution < 1.29 is 9.53 Å². The summed E-state index contributed by atoms with van der Waals surface area (Å²) in [5.74, 6) is 0.602. The second-order valence-electron chi connectivity index (χ2n) is 7.73. The molecule has 8 heteroatoms. The third kappa shape index (κ3) is 3.15. The molecule has 2 aromatic heterocycles. The van der Waals surface area contributed by atoms with Crippen molar-refractivity contribution in [2.45, 2.75) is 25.7 Å². The smallest absolute Gasteiger partial charge is 0.271 e. The lowest BCUT2D eigenvalue weighted by molar-refractivity contribution is 0.0744. The molecule has 1 fully saturated rings. The number of aromatic nitrogens is 2. The minimum Gasteiger partial charge on any atom is -0.495 e. The van der Waals surface area contributed by atoms with Crippen molar-refractivity contribution in [2.75, 3.05) is 38.2 Å². The third-order valence-electron chi connectivity index (χ3n) is 6.03. The SMILES string of the molecule is COc1ccccc1N1CCN(C(=O)c2cnc3sc4c(n3c2=O)CCCC4)CC1. The van der Waals surface area contributed by atoms with E-state index >= 15 is 0 Å². The Kier molecular flexibility index (Phi) is 4.94. The average Bonchev–Trinajstić information content (AvgIpc) is 3.18. The molecule has 3 heterocycles. The number of methoxy groups -OCH3 is 1. The minimum atomic E-state index is -0.225. The van der Waals surface area contributed by atoms with Crippen LogP contribution in [-0.2, 0) is 12.8 Å². The number of amides is 1. The molecular formula is C22H24N4O3S. The van der Waals surface area contributed by atoms with Gasteiger partial charge in [-0.05, 0) is 37.8 Å². The molecule has 1 amide bonds. The molecule has 2 aliphatic rings. The van der Waals surface area contributed by atoms with Gasteiger partial charge in [-0.1, -0.05) is 12.1 Å². The molecule has 0 spiro atoms. The van der Waals surface area contributed by atoms with Gasteiger partial charge in [0, 0.05) is 42.9 Å². The summed E-state index contributed by atoms with van der Waals surface area (Å²) in [4.78, 5) is 36.7. The van der Waals surface area contributed by atoms with Crippen molar-refractivity contribution in [3.63, 3.8) is 0 Å². The van der Waals surface area contributed by atoms with Crippen LogP contribution in [-0.4, -0.2) is 53.5 Å². The monoisotopic (exact) mass is 424 g/mol. The largest absolute Gasteiger partial charge is 0.495 e. The number of para-hydroxylation sites is 2.